The fraction of sp³-hybridized carbons (Fsp3) is 0.700. The molecule has 0 heterocycles. The highest BCUT2D eigenvalue weighted by molar-refractivity contribution is 5.36. The molecule has 1 aromatic rings. The molecule has 0 saturated heterocycles. The fourth-order valence-electron chi connectivity index (χ4n) is 4.69. The number of hydrogen-bond acceptors (Lipinski definition) is 1. The number of nitrogens with one attached hydrogen (secondary N) is 1. The Labute approximate surface area is 130 Å². The standard InChI is InChI=1S/C20H31N/c1-4-14-11-12-15(5-2)18(13-14)20(21-6-3)19-16-9-7-8-10-17(16)19/h11-13,16-17,19-21H,4-10H2,1-3H3. The maximum Gasteiger partial charge on any atom is 0.0356 e. The summed E-state index contributed by atoms with van der Waals surface area (Å²) in [5.41, 5.74) is 4.66. The molecule has 2 aliphatic rings. The van der Waals surface area contributed by atoms with Crippen LogP contribution < -0.4 is 5.32 Å². The van der Waals surface area contributed by atoms with E-state index in [-0.39, 0.29) is 0 Å². The SMILES string of the molecule is CCNC(c1cc(CC)ccc1CC)C1C2CCCCC21. The Kier molecular flexibility index (Phi) is 4.69. The maximum absolute atomic E-state index is 3.84. The van der Waals surface area contributed by atoms with Crippen molar-refractivity contribution in [2.45, 2.75) is 65.3 Å². The summed E-state index contributed by atoms with van der Waals surface area (Å²) in [5.74, 6) is 2.93. The Morgan fingerprint density at radius 3 is 2.33 bits per heavy atom. The molecule has 3 rings (SSSR count). The van der Waals surface area contributed by atoms with Gasteiger partial charge < -0.3 is 5.32 Å². The van der Waals surface area contributed by atoms with Crippen molar-refractivity contribution in [1.82, 2.24) is 5.32 Å². The van der Waals surface area contributed by atoms with Gasteiger partial charge in [-0.25, -0.2) is 0 Å². The fourth-order valence-corrected chi connectivity index (χ4v) is 4.69. The smallest absolute Gasteiger partial charge is 0.0356 e. The number of aryl methyl sites for hydroxylation is 2. The summed E-state index contributed by atoms with van der Waals surface area (Å²) in [6.45, 7) is 7.91. The van der Waals surface area contributed by atoms with Crippen LogP contribution in [0.3, 0.4) is 0 Å². The predicted octanol–water partition coefficient (Wildman–Crippen LogP) is 4.90. The Balaban J connectivity index is 1.90. The monoisotopic (exact) mass is 285 g/mol. The maximum atomic E-state index is 3.84. The van der Waals surface area contributed by atoms with Crippen molar-refractivity contribution in [3.8, 4) is 0 Å². The molecule has 1 heteroatoms. The second-order valence-electron chi connectivity index (χ2n) is 6.97. The van der Waals surface area contributed by atoms with Crippen LogP contribution in [0.2, 0.25) is 0 Å². The normalized spacial score (nSPS) is 29.0. The van der Waals surface area contributed by atoms with E-state index in [9.17, 15) is 0 Å². The topological polar surface area (TPSA) is 12.0 Å². The van der Waals surface area contributed by atoms with E-state index in [4.69, 9.17) is 0 Å². The quantitative estimate of drug-likeness (QED) is 0.784. The first-order valence-corrected chi connectivity index (χ1v) is 9.15. The van der Waals surface area contributed by atoms with Crippen LogP contribution in [0.4, 0.5) is 0 Å². The van der Waals surface area contributed by atoms with Crippen molar-refractivity contribution in [2.24, 2.45) is 17.8 Å². The molecule has 2 saturated carbocycles. The molecule has 1 aromatic carbocycles. The van der Waals surface area contributed by atoms with Crippen LogP contribution in [0.15, 0.2) is 18.2 Å². The van der Waals surface area contributed by atoms with Gasteiger partial charge in [-0.3, -0.25) is 0 Å². The molecule has 0 bridgehead atoms. The lowest BCUT2D eigenvalue weighted by Gasteiger charge is -2.23. The third-order valence-corrected chi connectivity index (χ3v) is 5.87. The minimum atomic E-state index is 0.601. The van der Waals surface area contributed by atoms with Gasteiger partial charge in [0.2, 0.25) is 0 Å². The van der Waals surface area contributed by atoms with Crippen molar-refractivity contribution >= 4 is 0 Å². The van der Waals surface area contributed by atoms with Crippen molar-refractivity contribution in [3.05, 3.63) is 34.9 Å². The zero-order chi connectivity index (χ0) is 14.8. The minimum absolute atomic E-state index is 0.601. The third kappa shape index (κ3) is 2.90. The van der Waals surface area contributed by atoms with Gasteiger partial charge in [0.05, 0.1) is 0 Å². The van der Waals surface area contributed by atoms with Crippen molar-refractivity contribution in [1.29, 1.82) is 0 Å². The summed E-state index contributed by atoms with van der Waals surface area (Å²) in [6.07, 6.45) is 8.19. The summed E-state index contributed by atoms with van der Waals surface area (Å²) >= 11 is 0. The molecule has 3 unspecified atom stereocenters. The zero-order valence-corrected chi connectivity index (χ0v) is 14.0. The molecule has 1 N–H and O–H groups in total. The van der Waals surface area contributed by atoms with E-state index >= 15 is 0 Å². The second kappa shape index (κ2) is 6.52. The molecular weight excluding hydrogens is 254 g/mol. The molecule has 2 fully saturated rings. The molecule has 21 heavy (non-hydrogen) atoms. The number of fused-ring (bicyclic) bond motifs is 1. The Morgan fingerprint density at radius 1 is 1.05 bits per heavy atom. The molecule has 0 radical (unpaired) electrons. The van der Waals surface area contributed by atoms with Crippen LogP contribution in [-0.4, -0.2) is 6.54 Å². The highest BCUT2D eigenvalue weighted by Crippen LogP contribution is 2.60. The van der Waals surface area contributed by atoms with E-state index in [0.29, 0.717) is 6.04 Å². The molecule has 2 aliphatic carbocycles. The van der Waals surface area contributed by atoms with Gasteiger partial charge in [-0.05, 0) is 66.7 Å². The highest BCUT2D eigenvalue weighted by atomic mass is 14.9. The second-order valence-corrected chi connectivity index (χ2v) is 6.97. The highest BCUT2D eigenvalue weighted by Gasteiger charge is 2.54. The molecule has 3 atom stereocenters. The lowest BCUT2D eigenvalue weighted by molar-refractivity contribution is 0.453. The van der Waals surface area contributed by atoms with Gasteiger partial charge in [0.15, 0.2) is 0 Å². The molecular formula is C20H31N. The Morgan fingerprint density at radius 2 is 1.76 bits per heavy atom. The first kappa shape index (κ1) is 15.1. The molecule has 0 aromatic heterocycles. The summed E-state index contributed by atoms with van der Waals surface area (Å²) < 4.78 is 0. The van der Waals surface area contributed by atoms with Gasteiger partial charge in [-0.1, -0.05) is 51.8 Å². The van der Waals surface area contributed by atoms with Gasteiger partial charge in [-0.15, -0.1) is 0 Å². The van der Waals surface area contributed by atoms with E-state index in [1.807, 2.05) is 0 Å². The number of hydrogen-bond donors (Lipinski definition) is 1. The first-order valence-electron chi connectivity index (χ1n) is 9.15. The van der Waals surface area contributed by atoms with Gasteiger partial charge >= 0.3 is 0 Å². The van der Waals surface area contributed by atoms with Gasteiger partial charge in [-0.2, -0.15) is 0 Å². The third-order valence-electron chi connectivity index (χ3n) is 5.87. The summed E-state index contributed by atoms with van der Waals surface area (Å²) in [4.78, 5) is 0. The first-order chi connectivity index (χ1) is 10.3. The van der Waals surface area contributed by atoms with Crippen LogP contribution >= 0.6 is 0 Å². The minimum Gasteiger partial charge on any atom is -0.310 e. The molecule has 1 nitrogen and oxygen atoms in total. The van der Waals surface area contributed by atoms with Crippen LogP contribution in [0.1, 0.15) is 69.2 Å². The van der Waals surface area contributed by atoms with Crippen LogP contribution in [0.5, 0.6) is 0 Å². The average molecular weight is 285 g/mol. The summed E-state index contributed by atoms with van der Waals surface area (Å²) in [7, 11) is 0. The molecule has 0 spiro atoms. The largest absolute Gasteiger partial charge is 0.310 e. The van der Waals surface area contributed by atoms with E-state index in [1.54, 1.807) is 11.1 Å². The van der Waals surface area contributed by atoms with Crippen molar-refractivity contribution in [3.63, 3.8) is 0 Å². The van der Waals surface area contributed by atoms with Crippen LogP contribution in [0.25, 0.3) is 0 Å². The number of benzene rings is 1. The molecule has 0 amide bonds. The zero-order valence-electron chi connectivity index (χ0n) is 14.0. The van der Waals surface area contributed by atoms with Gasteiger partial charge in [0.25, 0.3) is 0 Å². The van der Waals surface area contributed by atoms with Crippen LogP contribution in [-0.2, 0) is 12.8 Å². The predicted molar refractivity (Wildman–Crippen MR) is 90.6 cm³/mol. The summed E-state index contributed by atoms with van der Waals surface area (Å²) in [6, 6.07) is 7.80. The van der Waals surface area contributed by atoms with Crippen molar-refractivity contribution < 1.29 is 0 Å². The van der Waals surface area contributed by atoms with Crippen LogP contribution in [0, 0.1) is 17.8 Å². The van der Waals surface area contributed by atoms with Gasteiger partial charge in [0.1, 0.15) is 0 Å². The van der Waals surface area contributed by atoms with E-state index in [1.165, 1.54) is 31.2 Å². The lowest BCUT2D eigenvalue weighted by atomic mass is 9.91. The lowest BCUT2D eigenvalue weighted by Crippen LogP contribution is -2.25. The number of rotatable bonds is 6. The van der Waals surface area contributed by atoms with Crippen molar-refractivity contribution in [2.75, 3.05) is 6.54 Å². The van der Waals surface area contributed by atoms with E-state index < -0.39 is 0 Å². The average Bonchev–Trinajstić information content (AvgIpc) is 3.26. The summed E-state index contributed by atoms with van der Waals surface area (Å²) in [5, 5.41) is 3.84. The van der Waals surface area contributed by atoms with E-state index in [0.717, 1.165) is 37.1 Å². The molecule has 116 valence electrons. The molecule has 0 aliphatic heterocycles. The van der Waals surface area contributed by atoms with Gasteiger partial charge in [0, 0.05) is 6.04 Å². The Hall–Kier alpha value is -0.820. The van der Waals surface area contributed by atoms with E-state index in [2.05, 4.69) is 44.3 Å². The Bertz CT molecular complexity index is 467.